The summed E-state index contributed by atoms with van der Waals surface area (Å²) in [5.41, 5.74) is 25.4. The van der Waals surface area contributed by atoms with E-state index < -0.39 is 0 Å². The summed E-state index contributed by atoms with van der Waals surface area (Å²) in [4.78, 5) is 0. The molecule has 2 aliphatic carbocycles. The lowest BCUT2D eigenvalue weighted by Gasteiger charge is -2.24. The summed E-state index contributed by atoms with van der Waals surface area (Å²) < 4.78 is 4.76. The van der Waals surface area contributed by atoms with Gasteiger partial charge >= 0.3 is 0 Å². The maximum absolute atomic E-state index is 2.53. The fourth-order valence-corrected chi connectivity index (χ4v) is 12.3. The highest BCUT2D eigenvalue weighted by Gasteiger charge is 2.42. The Labute approximate surface area is 409 Å². The van der Waals surface area contributed by atoms with Crippen molar-refractivity contribution in [1.82, 2.24) is 9.13 Å². The fourth-order valence-electron chi connectivity index (χ4n) is 12.3. The minimum absolute atomic E-state index is 0.138. The number of benzene rings is 10. The van der Waals surface area contributed by atoms with E-state index >= 15 is 0 Å². The van der Waals surface area contributed by atoms with Crippen LogP contribution in [0.1, 0.15) is 61.1 Å². The molecule has 0 aliphatic heterocycles. The zero-order valence-electron chi connectivity index (χ0n) is 39.8. The minimum Gasteiger partial charge on any atom is -0.309 e. The first-order valence-corrected chi connectivity index (χ1v) is 24.7. The van der Waals surface area contributed by atoms with E-state index in [1.165, 1.54) is 133 Å². The van der Waals surface area contributed by atoms with Crippen LogP contribution in [0.5, 0.6) is 0 Å². The second-order valence-electron chi connectivity index (χ2n) is 20.6. The molecule has 2 aliphatic rings. The molecule has 0 atom stereocenters. The summed E-state index contributed by atoms with van der Waals surface area (Å²) in [6, 6.07) is 81.1. The average Bonchev–Trinajstić information content (AvgIpc) is 4.06. The van der Waals surface area contributed by atoms with E-state index in [9.17, 15) is 0 Å². The predicted octanol–water partition coefficient (Wildman–Crippen LogP) is 18.0. The SMILES string of the molecule is CC1(C)c2cc(/C=C/c3ccc(-c4ccc5c(c4)c4ccccc4n5-c4ccccc4)cc3)ccc2-c2cc3c(cc21)-c1ccc(-c2ccc4c(c2)c2ccccc2n4-c2ccccc2)cc1C3(C)C. The van der Waals surface area contributed by atoms with Crippen molar-refractivity contribution in [3.05, 3.63) is 252 Å². The van der Waals surface area contributed by atoms with Gasteiger partial charge < -0.3 is 9.13 Å². The molecule has 0 saturated carbocycles. The number of fused-ring (bicyclic) bond motifs is 12. The second kappa shape index (κ2) is 15.0. The van der Waals surface area contributed by atoms with Crippen LogP contribution in [0.4, 0.5) is 0 Å². The van der Waals surface area contributed by atoms with E-state index in [-0.39, 0.29) is 10.8 Å². The van der Waals surface area contributed by atoms with Crippen molar-refractivity contribution in [2.45, 2.75) is 38.5 Å². The lowest BCUT2D eigenvalue weighted by atomic mass is 9.79. The van der Waals surface area contributed by atoms with E-state index in [2.05, 4.69) is 267 Å². The van der Waals surface area contributed by atoms with Crippen LogP contribution in [0.15, 0.2) is 218 Å². The van der Waals surface area contributed by atoms with Crippen molar-refractivity contribution in [3.8, 4) is 55.9 Å². The number of rotatable bonds is 6. The number of hydrogen-bond acceptors (Lipinski definition) is 0. The van der Waals surface area contributed by atoms with Gasteiger partial charge in [0.05, 0.1) is 22.1 Å². The Morgan fingerprint density at radius 1 is 0.286 bits per heavy atom. The van der Waals surface area contributed by atoms with E-state index in [0.717, 1.165) is 0 Å². The van der Waals surface area contributed by atoms with Gasteiger partial charge in [-0.1, -0.05) is 179 Å². The lowest BCUT2D eigenvalue weighted by Crippen LogP contribution is -2.17. The summed E-state index contributed by atoms with van der Waals surface area (Å²) in [5.74, 6) is 0. The Morgan fingerprint density at radius 3 is 1.23 bits per heavy atom. The highest BCUT2D eigenvalue weighted by Crippen LogP contribution is 2.56. The van der Waals surface area contributed by atoms with Crippen molar-refractivity contribution >= 4 is 55.8 Å². The maximum Gasteiger partial charge on any atom is 0.0541 e. The third-order valence-electron chi connectivity index (χ3n) is 15.9. The molecular formula is C68H50N2. The van der Waals surface area contributed by atoms with Crippen LogP contribution in [0.3, 0.4) is 0 Å². The summed E-state index contributed by atoms with van der Waals surface area (Å²) in [6.45, 7) is 9.64. The van der Waals surface area contributed by atoms with Gasteiger partial charge in [0, 0.05) is 43.7 Å². The Morgan fingerprint density at radius 2 is 0.671 bits per heavy atom. The van der Waals surface area contributed by atoms with Gasteiger partial charge in [0.15, 0.2) is 0 Å². The largest absolute Gasteiger partial charge is 0.309 e. The Bertz CT molecular complexity index is 4140. The molecule has 2 heterocycles. The van der Waals surface area contributed by atoms with E-state index in [4.69, 9.17) is 0 Å². The summed E-state index contributed by atoms with van der Waals surface area (Å²) in [6.07, 6.45) is 4.52. The molecule has 14 rings (SSSR count). The van der Waals surface area contributed by atoms with Crippen molar-refractivity contribution in [2.75, 3.05) is 0 Å². The van der Waals surface area contributed by atoms with Gasteiger partial charge in [-0.15, -0.1) is 0 Å². The molecule has 0 radical (unpaired) electrons. The van der Waals surface area contributed by atoms with Crippen LogP contribution in [0.2, 0.25) is 0 Å². The van der Waals surface area contributed by atoms with Crippen LogP contribution in [-0.2, 0) is 10.8 Å². The molecule has 12 aromatic rings. The van der Waals surface area contributed by atoms with E-state index in [0.29, 0.717) is 0 Å². The predicted molar refractivity (Wildman–Crippen MR) is 296 cm³/mol. The Kier molecular flexibility index (Phi) is 8.71. The standard InChI is InChI=1S/C68H50N2/c1-67(2)59-37-44(24-23-43-25-28-45(29-26-43)46-31-35-65-57(38-46)53-19-11-13-21-63(53)69(65)49-15-7-5-8-16-49)27-33-51(59)55-41-62-56(42-61(55)67)52-34-30-48(40-60(52)68(62,3)4)47-32-36-66-58(39-47)54-20-12-14-22-64(54)70(66)50-17-9-6-10-18-50/h5-42H,1-4H3/b24-23+. The average molecular weight is 895 g/mol. The first-order chi connectivity index (χ1) is 34.2. The van der Waals surface area contributed by atoms with Gasteiger partial charge in [-0.05, 0) is 157 Å². The molecule has 0 saturated heterocycles. The van der Waals surface area contributed by atoms with Crippen LogP contribution < -0.4 is 0 Å². The smallest absolute Gasteiger partial charge is 0.0541 e. The second-order valence-corrected chi connectivity index (χ2v) is 20.6. The number of hydrogen-bond donors (Lipinski definition) is 0. The van der Waals surface area contributed by atoms with Gasteiger partial charge in [-0.2, -0.15) is 0 Å². The zero-order chi connectivity index (χ0) is 46.9. The highest BCUT2D eigenvalue weighted by molar-refractivity contribution is 6.11. The molecule has 0 bridgehead atoms. The first kappa shape index (κ1) is 40.6. The van der Waals surface area contributed by atoms with Crippen molar-refractivity contribution < 1.29 is 0 Å². The Hall–Kier alpha value is -8.46. The molecule has 0 N–H and O–H groups in total. The van der Waals surface area contributed by atoms with Crippen LogP contribution in [-0.4, -0.2) is 9.13 Å². The van der Waals surface area contributed by atoms with Crippen LogP contribution in [0, 0.1) is 0 Å². The molecule has 0 fully saturated rings. The number of nitrogens with zero attached hydrogens (tertiary/aromatic N) is 2. The normalized spacial score (nSPS) is 14.2. The molecule has 0 unspecified atom stereocenters. The Balaban J connectivity index is 0.747. The van der Waals surface area contributed by atoms with Crippen molar-refractivity contribution in [2.24, 2.45) is 0 Å². The molecule has 0 amide bonds. The van der Waals surface area contributed by atoms with Crippen molar-refractivity contribution in [3.63, 3.8) is 0 Å². The quantitative estimate of drug-likeness (QED) is 0.147. The molecule has 2 aromatic heterocycles. The monoisotopic (exact) mass is 894 g/mol. The van der Waals surface area contributed by atoms with E-state index in [1.54, 1.807) is 0 Å². The third kappa shape index (κ3) is 5.99. The summed E-state index contributed by atoms with van der Waals surface area (Å²) in [7, 11) is 0. The molecule has 0 spiro atoms. The topological polar surface area (TPSA) is 9.86 Å². The summed E-state index contributed by atoms with van der Waals surface area (Å²) in [5, 5.41) is 5.09. The van der Waals surface area contributed by atoms with Gasteiger partial charge in [-0.3, -0.25) is 0 Å². The third-order valence-corrected chi connectivity index (χ3v) is 15.9. The number of para-hydroxylation sites is 4. The lowest BCUT2D eigenvalue weighted by molar-refractivity contribution is 0.652. The highest BCUT2D eigenvalue weighted by atomic mass is 15.0. The van der Waals surface area contributed by atoms with Gasteiger partial charge in [-0.25, -0.2) is 0 Å². The molecule has 2 heteroatoms. The molecule has 332 valence electrons. The molecule has 70 heavy (non-hydrogen) atoms. The van der Waals surface area contributed by atoms with E-state index in [1.807, 2.05) is 0 Å². The zero-order valence-corrected chi connectivity index (χ0v) is 39.8. The van der Waals surface area contributed by atoms with Crippen LogP contribution >= 0.6 is 0 Å². The number of aromatic nitrogens is 2. The first-order valence-electron chi connectivity index (χ1n) is 24.7. The van der Waals surface area contributed by atoms with Gasteiger partial charge in [0.1, 0.15) is 0 Å². The van der Waals surface area contributed by atoms with Gasteiger partial charge in [0.25, 0.3) is 0 Å². The molecule has 10 aromatic carbocycles. The van der Waals surface area contributed by atoms with Gasteiger partial charge in [0.2, 0.25) is 0 Å². The summed E-state index contributed by atoms with van der Waals surface area (Å²) >= 11 is 0. The molecular weight excluding hydrogens is 845 g/mol. The fraction of sp³-hybridized carbons (Fsp3) is 0.0882. The minimum atomic E-state index is -0.149. The van der Waals surface area contributed by atoms with Crippen LogP contribution in [0.25, 0.3) is 112 Å². The van der Waals surface area contributed by atoms with Crippen molar-refractivity contribution in [1.29, 1.82) is 0 Å². The molecule has 2 nitrogen and oxygen atoms in total. The maximum atomic E-state index is 2.53.